The van der Waals surface area contributed by atoms with Gasteiger partial charge in [-0.1, -0.05) is 12.1 Å². The van der Waals surface area contributed by atoms with E-state index < -0.39 is 0 Å². The molecule has 94 valence electrons. The number of aromatic nitrogens is 2. The fraction of sp³-hybridized carbons (Fsp3) is 0.286. The lowest BCUT2D eigenvalue weighted by Gasteiger charge is -2.16. The molecule has 0 amide bonds. The number of benzene rings is 1. The van der Waals surface area contributed by atoms with Crippen LogP contribution in [0.3, 0.4) is 0 Å². The van der Waals surface area contributed by atoms with Gasteiger partial charge in [0.2, 0.25) is 0 Å². The summed E-state index contributed by atoms with van der Waals surface area (Å²) in [5.74, 6) is 0. The van der Waals surface area contributed by atoms with Crippen LogP contribution in [0.5, 0.6) is 0 Å². The lowest BCUT2D eigenvalue weighted by molar-refractivity contribution is 0.112. The van der Waals surface area contributed by atoms with Gasteiger partial charge in [0.25, 0.3) is 0 Å². The fourth-order valence-corrected chi connectivity index (χ4v) is 1.87. The van der Waals surface area contributed by atoms with Crippen LogP contribution in [0.1, 0.15) is 17.3 Å². The molecule has 4 heteroatoms. The van der Waals surface area contributed by atoms with Crippen molar-refractivity contribution in [1.82, 2.24) is 9.78 Å². The summed E-state index contributed by atoms with van der Waals surface area (Å²) in [4.78, 5) is 13.1. The standard InChI is InChI=1S/C14H17N3O/c1-4-16(2)13-7-5-11(6-8-13)14-12(10-18)9-17(3)15-14/h5-10H,4H2,1-3H3. The summed E-state index contributed by atoms with van der Waals surface area (Å²) >= 11 is 0. The number of anilines is 1. The highest BCUT2D eigenvalue weighted by Gasteiger charge is 2.09. The van der Waals surface area contributed by atoms with Crippen LogP contribution in [-0.4, -0.2) is 29.7 Å². The summed E-state index contributed by atoms with van der Waals surface area (Å²) < 4.78 is 1.66. The number of hydrogen-bond donors (Lipinski definition) is 0. The molecule has 0 aliphatic carbocycles. The quantitative estimate of drug-likeness (QED) is 0.774. The number of aryl methyl sites for hydroxylation is 1. The Morgan fingerprint density at radius 2 is 2.00 bits per heavy atom. The topological polar surface area (TPSA) is 38.1 Å². The number of aldehydes is 1. The van der Waals surface area contributed by atoms with Crippen LogP contribution in [0.15, 0.2) is 30.5 Å². The lowest BCUT2D eigenvalue weighted by Crippen LogP contribution is -2.15. The van der Waals surface area contributed by atoms with Crippen LogP contribution in [0.4, 0.5) is 5.69 Å². The first-order valence-electron chi connectivity index (χ1n) is 5.96. The maximum absolute atomic E-state index is 11.0. The number of carbonyl (C=O) groups is 1. The van der Waals surface area contributed by atoms with Crippen molar-refractivity contribution in [3.63, 3.8) is 0 Å². The van der Waals surface area contributed by atoms with Crippen LogP contribution in [0, 0.1) is 0 Å². The molecular weight excluding hydrogens is 226 g/mol. The largest absolute Gasteiger partial charge is 0.375 e. The molecule has 1 heterocycles. The molecule has 0 saturated carbocycles. The van der Waals surface area contributed by atoms with Gasteiger partial charge in [-0.3, -0.25) is 9.48 Å². The second-order valence-corrected chi connectivity index (χ2v) is 4.29. The first kappa shape index (κ1) is 12.4. The van der Waals surface area contributed by atoms with Crippen LogP contribution in [0.2, 0.25) is 0 Å². The molecule has 1 aromatic carbocycles. The third-order valence-electron chi connectivity index (χ3n) is 3.04. The van der Waals surface area contributed by atoms with Gasteiger partial charge in [-0.2, -0.15) is 5.10 Å². The summed E-state index contributed by atoms with van der Waals surface area (Å²) in [6.07, 6.45) is 2.57. The Balaban J connectivity index is 2.36. The molecule has 0 radical (unpaired) electrons. The summed E-state index contributed by atoms with van der Waals surface area (Å²) in [5, 5.41) is 4.32. The molecule has 0 unspecified atom stereocenters. The molecule has 0 atom stereocenters. The minimum atomic E-state index is 0.620. The Morgan fingerprint density at radius 3 is 2.56 bits per heavy atom. The summed E-state index contributed by atoms with van der Waals surface area (Å²) in [7, 11) is 3.86. The third-order valence-corrected chi connectivity index (χ3v) is 3.04. The van der Waals surface area contributed by atoms with Crippen molar-refractivity contribution >= 4 is 12.0 Å². The summed E-state index contributed by atoms with van der Waals surface area (Å²) in [6.45, 7) is 3.07. The zero-order chi connectivity index (χ0) is 13.1. The van der Waals surface area contributed by atoms with Crippen molar-refractivity contribution < 1.29 is 4.79 Å². The molecule has 18 heavy (non-hydrogen) atoms. The van der Waals surface area contributed by atoms with Crippen molar-refractivity contribution in [3.05, 3.63) is 36.0 Å². The van der Waals surface area contributed by atoms with Crippen LogP contribution < -0.4 is 4.90 Å². The van der Waals surface area contributed by atoms with E-state index >= 15 is 0 Å². The van der Waals surface area contributed by atoms with Crippen LogP contribution in [0.25, 0.3) is 11.3 Å². The maximum Gasteiger partial charge on any atom is 0.153 e. The molecule has 0 N–H and O–H groups in total. The average Bonchev–Trinajstić information content (AvgIpc) is 2.79. The number of nitrogens with zero attached hydrogens (tertiary/aromatic N) is 3. The smallest absolute Gasteiger partial charge is 0.153 e. The maximum atomic E-state index is 11.0. The molecule has 0 bridgehead atoms. The SMILES string of the molecule is CCN(C)c1ccc(-c2nn(C)cc2C=O)cc1. The molecule has 0 saturated heterocycles. The van der Waals surface area contributed by atoms with Gasteiger partial charge >= 0.3 is 0 Å². The summed E-state index contributed by atoms with van der Waals surface area (Å²) in [5.41, 5.74) is 3.48. The molecule has 0 aliphatic heterocycles. The predicted molar refractivity (Wildman–Crippen MR) is 73.0 cm³/mol. The highest BCUT2D eigenvalue weighted by atomic mass is 16.1. The van der Waals surface area contributed by atoms with Gasteiger partial charge in [0.1, 0.15) is 5.69 Å². The highest BCUT2D eigenvalue weighted by molar-refractivity contribution is 5.85. The Labute approximate surface area is 107 Å². The summed E-state index contributed by atoms with van der Waals surface area (Å²) in [6, 6.07) is 8.08. The lowest BCUT2D eigenvalue weighted by atomic mass is 10.1. The molecule has 2 aromatic rings. The van der Waals surface area contributed by atoms with Gasteiger partial charge < -0.3 is 4.90 Å². The van der Waals surface area contributed by atoms with Crippen molar-refractivity contribution in [2.24, 2.45) is 7.05 Å². The van der Waals surface area contributed by atoms with E-state index in [-0.39, 0.29) is 0 Å². The zero-order valence-electron chi connectivity index (χ0n) is 10.9. The van der Waals surface area contributed by atoms with E-state index in [2.05, 4.69) is 16.9 Å². The average molecular weight is 243 g/mol. The molecule has 0 aliphatic rings. The Bertz CT molecular complexity index is 543. The van der Waals surface area contributed by atoms with Crippen molar-refractivity contribution in [1.29, 1.82) is 0 Å². The van der Waals surface area contributed by atoms with Crippen molar-refractivity contribution in [2.45, 2.75) is 6.92 Å². The van der Waals surface area contributed by atoms with Gasteiger partial charge in [-0.05, 0) is 19.1 Å². The molecule has 0 fully saturated rings. The van der Waals surface area contributed by atoms with Gasteiger partial charge in [0.15, 0.2) is 6.29 Å². The highest BCUT2D eigenvalue weighted by Crippen LogP contribution is 2.23. The molecule has 4 nitrogen and oxygen atoms in total. The first-order valence-corrected chi connectivity index (χ1v) is 5.96. The number of hydrogen-bond acceptors (Lipinski definition) is 3. The zero-order valence-corrected chi connectivity index (χ0v) is 10.9. The Morgan fingerprint density at radius 1 is 1.33 bits per heavy atom. The number of rotatable bonds is 4. The Hall–Kier alpha value is -2.10. The van der Waals surface area contributed by atoms with E-state index in [1.54, 1.807) is 10.9 Å². The minimum Gasteiger partial charge on any atom is -0.375 e. The van der Waals surface area contributed by atoms with E-state index in [1.807, 2.05) is 38.4 Å². The van der Waals surface area contributed by atoms with Gasteiger partial charge in [-0.15, -0.1) is 0 Å². The van der Waals surface area contributed by atoms with E-state index in [9.17, 15) is 4.79 Å². The van der Waals surface area contributed by atoms with E-state index in [0.717, 1.165) is 29.8 Å². The van der Waals surface area contributed by atoms with E-state index in [0.29, 0.717) is 5.56 Å². The fourth-order valence-electron chi connectivity index (χ4n) is 1.87. The second kappa shape index (κ2) is 5.04. The normalized spacial score (nSPS) is 10.4. The number of carbonyl (C=O) groups excluding carboxylic acids is 1. The van der Waals surface area contributed by atoms with Gasteiger partial charge in [0.05, 0.1) is 5.56 Å². The van der Waals surface area contributed by atoms with Crippen LogP contribution >= 0.6 is 0 Å². The predicted octanol–water partition coefficient (Wildman–Crippen LogP) is 2.36. The molecule has 2 rings (SSSR count). The molecular formula is C14H17N3O. The molecule has 0 spiro atoms. The van der Waals surface area contributed by atoms with Crippen molar-refractivity contribution in [3.8, 4) is 11.3 Å². The van der Waals surface area contributed by atoms with Gasteiger partial charge in [-0.25, -0.2) is 0 Å². The first-order chi connectivity index (χ1) is 8.65. The minimum absolute atomic E-state index is 0.620. The van der Waals surface area contributed by atoms with Gasteiger partial charge in [0, 0.05) is 38.1 Å². The third kappa shape index (κ3) is 2.27. The van der Waals surface area contributed by atoms with E-state index in [4.69, 9.17) is 0 Å². The van der Waals surface area contributed by atoms with E-state index in [1.165, 1.54) is 0 Å². The second-order valence-electron chi connectivity index (χ2n) is 4.29. The van der Waals surface area contributed by atoms with Crippen LogP contribution in [-0.2, 0) is 7.05 Å². The Kier molecular flexibility index (Phi) is 3.46. The molecule has 1 aromatic heterocycles. The monoisotopic (exact) mass is 243 g/mol. The van der Waals surface area contributed by atoms with Crippen molar-refractivity contribution in [2.75, 3.05) is 18.5 Å².